The Hall–Kier alpha value is -1.88. The van der Waals surface area contributed by atoms with Gasteiger partial charge in [0, 0.05) is 23.1 Å². The Kier molecular flexibility index (Phi) is 7.70. The molecule has 0 amide bonds. The fourth-order valence-electron chi connectivity index (χ4n) is 3.43. The molecule has 1 radical (unpaired) electrons. The average molecular weight is 454 g/mol. The van der Waals surface area contributed by atoms with Gasteiger partial charge in [-0.15, -0.1) is 0 Å². The molecule has 1 aliphatic rings. The molecular formula is C25H30BrN2O. The van der Waals surface area contributed by atoms with Gasteiger partial charge in [-0.2, -0.15) is 0 Å². The highest BCUT2D eigenvalue weighted by atomic mass is 79.9. The second-order valence-electron chi connectivity index (χ2n) is 7.86. The summed E-state index contributed by atoms with van der Waals surface area (Å²) in [5.74, 6) is 0.939. The zero-order chi connectivity index (χ0) is 20.8. The molecule has 1 aliphatic carbocycles. The van der Waals surface area contributed by atoms with Gasteiger partial charge in [-0.3, -0.25) is 0 Å². The molecule has 0 saturated carbocycles. The highest BCUT2D eigenvalue weighted by molar-refractivity contribution is 9.10. The minimum Gasteiger partial charge on any atom is -0.492 e. The first-order chi connectivity index (χ1) is 14.0. The lowest BCUT2D eigenvalue weighted by Crippen LogP contribution is -2.20. The van der Waals surface area contributed by atoms with Crippen molar-refractivity contribution in [3.63, 3.8) is 0 Å². The summed E-state index contributed by atoms with van der Waals surface area (Å²) in [6.45, 7) is 2.46. The molecule has 3 rings (SSSR count). The lowest BCUT2D eigenvalue weighted by Gasteiger charge is -2.22. The quantitative estimate of drug-likeness (QED) is 0.521. The molecule has 2 aromatic carbocycles. The smallest absolute Gasteiger partial charge is 0.127 e. The number of hydrogen-bond donors (Lipinski definition) is 0. The topological polar surface area (TPSA) is 15.7 Å². The fourth-order valence-corrected chi connectivity index (χ4v) is 3.95. The normalized spacial score (nSPS) is 14.2. The van der Waals surface area contributed by atoms with Crippen LogP contribution in [0.15, 0.2) is 64.7 Å². The Bertz CT molecular complexity index is 899. The number of rotatable bonds is 8. The van der Waals surface area contributed by atoms with Crippen molar-refractivity contribution in [3.05, 3.63) is 76.6 Å². The van der Waals surface area contributed by atoms with Crippen molar-refractivity contribution in [3.8, 4) is 16.9 Å². The highest BCUT2D eigenvalue weighted by Gasteiger charge is 2.17. The van der Waals surface area contributed by atoms with Crippen molar-refractivity contribution >= 4 is 21.5 Å². The minimum absolute atomic E-state index is 0.665. The standard InChI is InChI=1S/C25H30BrN2O/c1-27(2)15-16-29-25-14-13-19(22-11-7-8-12-24(22)26)17-23(25)21-10-6-5-9-20(21)18-28(3)4/h6-14,17H,5,15-16,18H2,1-4H3. The van der Waals surface area contributed by atoms with Crippen LogP contribution in [0.4, 0.5) is 0 Å². The van der Waals surface area contributed by atoms with Crippen LogP contribution in [0.3, 0.4) is 0 Å². The Labute approximate surface area is 183 Å². The zero-order valence-corrected chi connectivity index (χ0v) is 19.4. The third kappa shape index (κ3) is 5.81. The molecule has 0 bridgehead atoms. The molecular weight excluding hydrogens is 424 g/mol. The SMILES string of the molecule is CN(C)CCOc1ccc(-c2ccccc2Br)cc1C1=C(CN(C)C)[CH]CC=C1. The molecule has 4 heteroatoms. The van der Waals surface area contributed by atoms with E-state index in [9.17, 15) is 0 Å². The third-order valence-corrected chi connectivity index (χ3v) is 5.56. The summed E-state index contributed by atoms with van der Waals surface area (Å²) in [6, 6.07) is 14.9. The van der Waals surface area contributed by atoms with Crippen molar-refractivity contribution in [2.24, 2.45) is 0 Å². The van der Waals surface area contributed by atoms with Crippen molar-refractivity contribution in [1.82, 2.24) is 9.80 Å². The van der Waals surface area contributed by atoms with E-state index >= 15 is 0 Å². The van der Waals surface area contributed by atoms with Crippen LogP contribution in [-0.4, -0.2) is 57.7 Å². The fraction of sp³-hybridized carbons (Fsp3) is 0.320. The van der Waals surface area contributed by atoms with Crippen LogP contribution in [0.25, 0.3) is 16.7 Å². The molecule has 0 fully saturated rings. The highest BCUT2D eigenvalue weighted by Crippen LogP contribution is 2.38. The van der Waals surface area contributed by atoms with E-state index in [0.29, 0.717) is 6.61 Å². The van der Waals surface area contributed by atoms with Gasteiger partial charge < -0.3 is 14.5 Å². The molecule has 0 unspecified atom stereocenters. The largest absolute Gasteiger partial charge is 0.492 e. The van der Waals surface area contributed by atoms with Gasteiger partial charge >= 0.3 is 0 Å². The van der Waals surface area contributed by atoms with Gasteiger partial charge in [0.15, 0.2) is 0 Å². The van der Waals surface area contributed by atoms with E-state index in [2.05, 4.69) is 109 Å². The Morgan fingerprint density at radius 1 is 0.966 bits per heavy atom. The summed E-state index contributed by atoms with van der Waals surface area (Å²) in [6.07, 6.45) is 7.78. The Morgan fingerprint density at radius 2 is 1.76 bits per heavy atom. The molecule has 0 aromatic heterocycles. The molecule has 0 aliphatic heterocycles. The van der Waals surface area contributed by atoms with Gasteiger partial charge in [-0.1, -0.05) is 52.3 Å². The van der Waals surface area contributed by atoms with Crippen LogP contribution < -0.4 is 4.74 Å². The first-order valence-electron chi connectivity index (χ1n) is 10.00. The second-order valence-corrected chi connectivity index (χ2v) is 8.72. The van der Waals surface area contributed by atoms with Gasteiger partial charge in [-0.25, -0.2) is 0 Å². The predicted octanol–water partition coefficient (Wildman–Crippen LogP) is 5.54. The van der Waals surface area contributed by atoms with Gasteiger partial charge in [0.25, 0.3) is 0 Å². The average Bonchev–Trinajstić information content (AvgIpc) is 2.68. The number of halogens is 1. The monoisotopic (exact) mass is 453 g/mol. The van der Waals surface area contributed by atoms with E-state index in [1.807, 2.05) is 6.07 Å². The van der Waals surface area contributed by atoms with E-state index in [1.165, 1.54) is 22.3 Å². The number of hydrogen-bond acceptors (Lipinski definition) is 3. The van der Waals surface area contributed by atoms with Crippen LogP contribution in [-0.2, 0) is 0 Å². The molecule has 0 spiro atoms. The molecule has 0 N–H and O–H groups in total. The van der Waals surface area contributed by atoms with Crippen LogP contribution in [0.5, 0.6) is 5.75 Å². The molecule has 0 saturated heterocycles. The number of nitrogens with zero attached hydrogens (tertiary/aromatic N) is 2. The maximum Gasteiger partial charge on any atom is 0.127 e. The number of benzene rings is 2. The zero-order valence-electron chi connectivity index (χ0n) is 17.8. The lowest BCUT2D eigenvalue weighted by atomic mass is 9.89. The maximum atomic E-state index is 6.23. The minimum atomic E-state index is 0.665. The van der Waals surface area contributed by atoms with Crippen LogP contribution in [0.2, 0.25) is 0 Å². The van der Waals surface area contributed by atoms with Gasteiger partial charge in [0.05, 0.1) is 0 Å². The summed E-state index contributed by atoms with van der Waals surface area (Å²) in [7, 11) is 8.36. The summed E-state index contributed by atoms with van der Waals surface area (Å²) in [4.78, 5) is 4.36. The van der Waals surface area contributed by atoms with Crippen molar-refractivity contribution in [2.45, 2.75) is 6.42 Å². The molecule has 29 heavy (non-hydrogen) atoms. The first-order valence-corrected chi connectivity index (χ1v) is 10.8. The molecule has 2 aromatic rings. The Balaban J connectivity index is 2.07. The number of likely N-dealkylation sites (N-methyl/N-ethyl adjacent to an activating group) is 2. The first kappa shape index (κ1) is 21.8. The summed E-state index contributed by atoms with van der Waals surface area (Å²) < 4.78 is 7.32. The number of allylic oxidation sites excluding steroid dienone is 3. The molecule has 0 heterocycles. The molecule has 153 valence electrons. The van der Waals surface area contributed by atoms with Crippen molar-refractivity contribution in [1.29, 1.82) is 0 Å². The van der Waals surface area contributed by atoms with Gasteiger partial charge in [0.1, 0.15) is 12.4 Å². The predicted molar refractivity (Wildman–Crippen MR) is 127 cm³/mol. The van der Waals surface area contributed by atoms with E-state index in [4.69, 9.17) is 4.74 Å². The van der Waals surface area contributed by atoms with E-state index in [-0.39, 0.29) is 0 Å². The Morgan fingerprint density at radius 3 is 2.48 bits per heavy atom. The maximum absolute atomic E-state index is 6.23. The lowest BCUT2D eigenvalue weighted by molar-refractivity contribution is 0.261. The summed E-state index contributed by atoms with van der Waals surface area (Å²) >= 11 is 3.70. The van der Waals surface area contributed by atoms with Crippen LogP contribution in [0, 0.1) is 6.42 Å². The van der Waals surface area contributed by atoms with Gasteiger partial charge in [0.2, 0.25) is 0 Å². The second kappa shape index (κ2) is 10.2. The molecule has 3 nitrogen and oxygen atoms in total. The van der Waals surface area contributed by atoms with Crippen LogP contribution >= 0.6 is 15.9 Å². The molecule has 0 atom stereocenters. The van der Waals surface area contributed by atoms with Gasteiger partial charge in [-0.05, 0) is 81.5 Å². The summed E-state index contributed by atoms with van der Waals surface area (Å²) in [5, 5.41) is 0. The summed E-state index contributed by atoms with van der Waals surface area (Å²) in [5.41, 5.74) is 6.12. The van der Waals surface area contributed by atoms with Crippen LogP contribution in [0.1, 0.15) is 12.0 Å². The van der Waals surface area contributed by atoms with E-state index in [0.717, 1.165) is 35.3 Å². The van der Waals surface area contributed by atoms with E-state index in [1.54, 1.807) is 0 Å². The van der Waals surface area contributed by atoms with E-state index < -0.39 is 0 Å². The van der Waals surface area contributed by atoms with Crippen molar-refractivity contribution < 1.29 is 4.74 Å². The third-order valence-electron chi connectivity index (χ3n) is 4.87. The van der Waals surface area contributed by atoms with Crippen molar-refractivity contribution in [2.75, 3.05) is 47.9 Å². The number of ether oxygens (including phenoxy) is 1.